The topological polar surface area (TPSA) is 30.7 Å². The predicted octanol–water partition coefficient (Wildman–Crippen LogP) is 3.73. The first-order chi connectivity index (χ1) is 8.24. The van der Waals surface area contributed by atoms with Gasteiger partial charge in [0.2, 0.25) is 0 Å². The van der Waals surface area contributed by atoms with E-state index >= 15 is 0 Å². The Balaban J connectivity index is 2.29. The van der Waals surface area contributed by atoms with E-state index in [9.17, 15) is 4.39 Å². The lowest BCUT2D eigenvalue weighted by Gasteiger charge is -2.02. The summed E-state index contributed by atoms with van der Waals surface area (Å²) in [7, 11) is 1.64. The van der Waals surface area contributed by atoms with Crippen molar-refractivity contribution in [3.8, 4) is 5.69 Å². The van der Waals surface area contributed by atoms with Crippen LogP contribution in [0.25, 0.3) is 5.69 Å². The highest BCUT2D eigenvalue weighted by atomic mass is 127. The van der Waals surface area contributed by atoms with Crippen LogP contribution in [0.2, 0.25) is 0 Å². The smallest absolute Gasteiger partial charge is 0.129 e. The van der Waals surface area contributed by atoms with Crippen molar-refractivity contribution < 1.29 is 4.39 Å². The van der Waals surface area contributed by atoms with Gasteiger partial charge in [-0.25, -0.2) is 9.07 Å². The van der Waals surface area contributed by atoms with Gasteiger partial charge in [-0.1, -0.05) is 20.2 Å². The Kier molecular flexibility index (Phi) is 4.63. The van der Waals surface area contributed by atoms with Gasteiger partial charge in [-0.15, -0.1) is 16.7 Å². The number of benzene rings is 1. The third-order valence-corrected chi connectivity index (χ3v) is 3.82. The summed E-state index contributed by atoms with van der Waals surface area (Å²) < 4.78 is 15.1. The molecule has 7 heteroatoms. The zero-order valence-corrected chi connectivity index (χ0v) is 12.3. The highest BCUT2D eigenvalue weighted by Gasteiger charge is 2.06. The van der Waals surface area contributed by atoms with Gasteiger partial charge >= 0.3 is 0 Å². The van der Waals surface area contributed by atoms with Gasteiger partial charge in [0.05, 0.1) is 23.5 Å². The summed E-state index contributed by atoms with van der Waals surface area (Å²) in [4.78, 5) is 0. The van der Waals surface area contributed by atoms with Crippen LogP contribution in [0.15, 0.2) is 24.4 Å². The van der Waals surface area contributed by atoms with E-state index in [0.29, 0.717) is 11.3 Å². The van der Waals surface area contributed by atoms with Crippen molar-refractivity contribution in [2.24, 2.45) is 0 Å². The quantitative estimate of drug-likeness (QED) is 0.595. The lowest BCUT2D eigenvalue weighted by atomic mass is 10.2. The van der Waals surface area contributed by atoms with Crippen molar-refractivity contribution in [2.45, 2.75) is 11.6 Å². The van der Waals surface area contributed by atoms with Gasteiger partial charge in [0.25, 0.3) is 0 Å². The molecule has 17 heavy (non-hydrogen) atoms. The Morgan fingerprint density at radius 2 is 2.29 bits per heavy atom. The zero-order chi connectivity index (χ0) is 12.3. The average Bonchev–Trinajstić information content (AvgIpc) is 2.78. The first kappa shape index (κ1) is 13.1. The highest BCUT2D eigenvalue weighted by Crippen LogP contribution is 2.19. The van der Waals surface area contributed by atoms with Crippen molar-refractivity contribution >= 4 is 41.7 Å². The van der Waals surface area contributed by atoms with E-state index in [2.05, 4.69) is 31.5 Å². The minimum absolute atomic E-state index is 0.167. The van der Waals surface area contributed by atoms with Crippen LogP contribution in [-0.4, -0.2) is 15.0 Å². The molecule has 1 aromatic heterocycles. The second kappa shape index (κ2) is 6.01. The third-order valence-electron chi connectivity index (χ3n) is 2.19. The minimum atomic E-state index is -0.321. The Hall–Kier alpha value is -0.340. The summed E-state index contributed by atoms with van der Waals surface area (Å²) in [6.07, 6.45) is 1.79. The first-order valence-electron chi connectivity index (χ1n) is 4.74. The maximum Gasteiger partial charge on any atom is 0.129 e. The minimum Gasteiger partial charge on any atom is -0.220 e. The Bertz CT molecular complexity index is 520. The summed E-state index contributed by atoms with van der Waals surface area (Å²) in [5.74, 6) is 0.626. The molecule has 0 spiro atoms. The lowest BCUT2D eigenvalue weighted by Crippen LogP contribution is -1.97. The Labute approximate surface area is 119 Å². The molecular weight excluding hydrogens is 376 g/mol. The largest absolute Gasteiger partial charge is 0.220 e. The normalized spacial score (nSPS) is 10.8. The molecular formula is C10H8ClFIN3S. The van der Waals surface area contributed by atoms with Gasteiger partial charge in [0, 0.05) is 11.3 Å². The molecule has 90 valence electrons. The van der Waals surface area contributed by atoms with Crippen LogP contribution in [0.1, 0.15) is 11.3 Å². The molecule has 1 heterocycles. The van der Waals surface area contributed by atoms with E-state index in [1.807, 2.05) is 0 Å². The lowest BCUT2D eigenvalue weighted by molar-refractivity contribution is 0.614. The first-order valence-corrected chi connectivity index (χ1v) is 8.80. The fraction of sp³-hybridized carbons (Fsp3) is 0.200. The van der Waals surface area contributed by atoms with Crippen LogP contribution in [0.4, 0.5) is 4.39 Å². The highest BCUT2D eigenvalue weighted by molar-refractivity contribution is 14.2. The molecule has 2 aromatic rings. The van der Waals surface area contributed by atoms with Crippen molar-refractivity contribution in [1.29, 1.82) is 0 Å². The molecule has 0 aliphatic carbocycles. The summed E-state index contributed by atoms with van der Waals surface area (Å²) in [5, 5.41) is 7.95. The molecule has 1 aromatic carbocycles. The number of alkyl halides is 1. The number of hydrogen-bond acceptors (Lipinski definition) is 3. The summed E-state index contributed by atoms with van der Waals surface area (Å²) in [6.45, 7) is 0. The number of halogens is 3. The van der Waals surface area contributed by atoms with Crippen LogP contribution in [0.3, 0.4) is 0 Å². The summed E-state index contributed by atoms with van der Waals surface area (Å²) in [6, 6.07) is 4.84. The van der Waals surface area contributed by atoms with Gasteiger partial charge in [-0.2, -0.15) is 0 Å². The molecule has 0 aliphatic rings. The van der Waals surface area contributed by atoms with Crippen LogP contribution in [0, 0.1) is 5.82 Å². The SMILES string of the molecule is Fc1cc(-n2cc(CSI)nn2)ccc1CCl. The van der Waals surface area contributed by atoms with Gasteiger partial charge in [0.1, 0.15) is 5.82 Å². The Morgan fingerprint density at radius 3 is 2.94 bits per heavy atom. The molecule has 0 aliphatic heterocycles. The van der Waals surface area contributed by atoms with Gasteiger partial charge in [-0.3, -0.25) is 0 Å². The summed E-state index contributed by atoms with van der Waals surface area (Å²) >= 11 is 7.79. The molecule has 2 rings (SSSR count). The number of rotatable bonds is 4. The van der Waals surface area contributed by atoms with Gasteiger partial charge in [0.15, 0.2) is 0 Å². The number of hydrogen-bond donors (Lipinski definition) is 0. The van der Waals surface area contributed by atoms with E-state index in [0.717, 1.165) is 11.4 Å². The zero-order valence-electron chi connectivity index (χ0n) is 8.61. The maximum atomic E-state index is 13.5. The number of aromatic nitrogens is 3. The van der Waals surface area contributed by atoms with Crippen LogP contribution >= 0.6 is 41.7 Å². The van der Waals surface area contributed by atoms with Crippen molar-refractivity contribution in [3.63, 3.8) is 0 Å². The van der Waals surface area contributed by atoms with Crippen LogP contribution < -0.4 is 0 Å². The van der Waals surface area contributed by atoms with E-state index in [1.54, 1.807) is 31.9 Å². The molecule has 0 saturated heterocycles. The molecule has 0 amide bonds. The second-order valence-electron chi connectivity index (χ2n) is 3.32. The molecule has 0 fully saturated rings. The van der Waals surface area contributed by atoms with Crippen LogP contribution in [-0.2, 0) is 11.6 Å². The molecule has 0 radical (unpaired) electrons. The Morgan fingerprint density at radius 1 is 1.47 bits per heavy atom. The van der Waals surface area contributed by atoms with E-state index < -0.39 is 0 Å². The van der Waals surface area contributed by atoms with Crippen molar-refractivity contribution in [2.75, 3.05) is 0 Å². The molecule has 0 atom stereocenters. The van der Waals surface area contributed by atoms with Crippen molar-refractivity contribution in [3.05, 3.63) is 41.5 Å². The standard InChI is InChI=1S/C10H8ClFIN3S/c11-4-7-1-2-9(3-10(7)12)16-5-8(6-17-13)14-15-16/h1-3,5H,4,6H2. The van der Waals surface area contributed by atoms with Gasteiger partial charge in [-0.05, 0) is 33.3 Å². The maximum absolute atomic E-state index is 13.5. The van der Waals surface area contributed by atoms with E-state index in [-0.39, 0.29) is 11.7 Å². The fourth-order valence-corrected chi connectivity index (χ4v) is 2.75. The summed E-state index contributed by atoms with van der Waals surface area (Å²) in [5.41, 5.74) is 2.00. The van der Waals surface area contributed by atoms with E-state index in [1.165, 1.54) is 6.07 Å². The van der Waals surface area contributed by atoms with Crippen LogP contribution in [0.5, 0.6) is 0 Å². The van der Waals surface area contributed by atoms with Crippen molar-refractivity contribution in [1.82, 2.24) is 15.0 Å². The predicted molar refractivity (Wildman–Crippen MR) is 76.2 cm³/mol. The average molecular weight is 384 g/mol. The number of nitrogens with zero attached hydrogens (tertiary/aromatic N) is 3. The van der Waals surface area contributed by atoms with Gasteiger partial charge < -0.3 is 0 Å². The van der Waals surface area contributed by atoms with E-state index in [4.69, 9.17) is 11.6 Å². The third kappa shape index (κ3) is 3.11. The second-order valence-corrected chi connectivity index (χ2v) is 5.96. The monoisotopic (exact) mass is 383 g/mol. The molecule has 0 saturated carbocycles. The fourth-order valence-electron chi connectivity index (χ4n) is 1.33. The molecule has 0 unspecified atom stereocenters. The molecule has 3 nitrogen and oxygen atoms in total. The molecule has 0 N–H and O–H groups in total. The molecule has 0 bridgehead atoms.